The van der Waals surface area contributed by atoms with Gasteiger partial charge in [-0.3, -0.25) is 9.59 Å². The van der Waals surface area contributed by atoms with Crippen molar-refractivity contribution in [3.05, 3.63) is 40.3 Å². The monoisotopic (exact) mass is 394 g/mol. The molecule has 1 aromatic carbocycles. The first kappa shape index (κ1) is 18.5. The minimum atomic E-state index is -0.638. The summed E-state index contributed by atoms with van der Waals surface area (Å²) in [6.45, 7) is 1.96. The van der Waals surface area contributed by atoms with E-state index in [1.54, 1.807) is 31.2 Å². The van der Waals surface area contributed by atoms with Gasteiger partial charge in [0.05, 0.1) is 5.39 Å². The molecule has 4 aliphatic carbocycles. The van der Waals surface area contributed by atoms with Crippen molar-refractivity contribution in [1.82, 2.24) is 9.78 Å². The zero-order valence-electron chi connectivity index (χ0n) is 16.7. The Bertz CT molecular complexity index is 1020. The summed E-state index contributed by atoms with van der Waals surface area (Å²) in [6, 6.07) is 6.90. The molecule has 0 atom stereocenters. The van der Waals surface area contributed by atoms with Crippen LogP contribution in [0.2, 0.25) is 0 Å². The highest BCUT2D eigenvalue weighted by molar-refractivity contribution is 6.02. The van der Waals surface area contributed by atoms with Crippen LogP contribution in [0.3, 0.4) is 0 Å². The van der Waals surface area contributed by atoms with Gasteiger partial charge in [0, 0.05) is 17.3 Å². The van der Waals surface area contributed by atoms with E-state index in [1.807, 2.05) is 0 Å². The number of Topliss-reactive ketones (excluding diaryl/α,β-unsaturated/α-hetero) is 1. The molecule has 0 unspecified atom stereocenters. The maximum Gasteiger partial charge on any atom is 0.359 e. The van der Waals surface area contributed by atoms with Gasteiger partial charge >= 0.3 is 5.97 Å². The van der Waals surface area contributed by atoms with Crippen LogP contribution in [0, 0.1) is 23.2 Å². The fourth-order valence-corrected chi connectivity index (χ4v) is 6.40. The Morgan fingerprint density at radius 1 is 1.07 bits per heavy atom. The van der Waals surface area contributed by atoms with Crippen molar-refractivity contribution in [1.29, 1.82) is 0 Å². The number of benzene rings is 1. The van der Waals surface area contributed by atoms with Gasteiger partial charge in [-0.05, 0) is 69.3 Å². The van der Waals surface area contributed by atoms with Gasteiger partial charge in [0.15, 0.2) is 18.1 Å². The van der Waals surface area contributed by atoms with Crippen LogP contribution in [-0.2, 0) is 16.1 Å². The highest BCUT2D eigenvalue weighted by Gasteiger charge is 2.54. The van der Waals surface area contributed by atoms with Crippen molar-refractivity contribution in [2.45, 2.75) is 52.0 Å². The fraction of sp³-hybridized carbons (Fsp3) is 0.565. The van der Waals surface area contributed by atoms with E-state index in [1.165, 1.54) is 23.9 Å². The highest BCUT2D eigenvalue weighted by Crippen LogP contribution is 2.60. The van der Waals surface area contributed by atoms with E-state index in [4.69, 9.17) is 4.74 Å². The Morgan fingerprint density at radius 2 is 1.66 bits per heavy atom. The van der Waals surface area contributed by atoms with Crippen molar-refractivity contribution in [2.75, 3.05) is 6.61 Å². The Balaban J connectivity index is 1.37. The molecule has 4 saturated carbocycles. The molecular formula is C23H26N2O4. The maximum atomic E-state index is 13.1. The smallest absolute Gasteiger partial charge is 0.359 e. The summed E-state index contributed by atoms with van der Waals surface area (Å²) in [5, 5.41) is 5.11. The summed E-state index contributed by atoms with van der Waals surface area (Å²) in [6.07, 6.45) is 6.66. The molecule has 4 fully saturated rings. The fourth-order valence-electron chi connectivity index (χ4n) is 6.40. The minimum Gasteiger partial charge on any atom is -0.453 e. The van der Waals surface area contributed by atoms with Crippen molar-refractivity contribution < 1.29 is 14.3 Å². The number of esters is 1. The second-order valence-corrected chi connectivity index (χ2v) is 9.21. The molecule has 1 aromatic heterocycles. The van der Waals surface area contributed by atoms with E-state index in [0.717, 1.165) is 19.3 Å². The zero-order valence-corrected chi connectivity index (χ0v) is 16.7. The third-order valence-electron chi connectivity index (χ3n) is 7.32. The quantitative estimate of drug-likeness (QED) is 0.727. The molecule has 0 saturated heterocycles. The number of hydrogen-bond acceptors (Lipinski definition) is 5. The van der Waals surface area contributed by atoms with Crippen molar-refractivity contribution in [3.63, 3.8) is 0 Å². The van der Waals surface area contributed by atoms with Crippen LogP contribution in [0.1, 0.15) is 55.9 Å². The lowest BCUT2D eigenvalue weighted by Crippen LogP contribution is -2.51. The number of carbonyl (C=O) groups is 2. The van der Waals surface area contributed by atoms with Gasteiger partial charge in [0.2, 0.25) is 0 Å². The number of carbonyl (C=O) groups excluding carboxylic acids is 2. The molecule has 4 bridgehead atoms. The van der Waals surface area contributed by atoms with Crippen LogP contribution in [0.4, 0.5) is 0 Å². The molecule has 6 heteroatoms. The van der Waals surface area contributed by atoms with E-state index in [2.05, 4.69) is 5.10 Å². The molecule has 29 heavy (non-hydrogen) atoms. The lowest BCUT2D eigenvalue weighted by molar-refractivity contribution is -0.147. The number of aryl methyl sites for hydroxylation is 1. The van der Waals surface area contributed by atoms with Gasteiger partial charge in [-0.1, -0.05) is 18.2 Å². The lowest BCUT2D eigenvalue weighted by Gasteiger charge is -2.55. The van der Waals surface area contributed by atoms with E-state index in [0.29, 0.717) is 35.1 Å². The maximum absolute atomic E-state index is 13.1. The molecule has 0 amide bonds. The molecule has 0 spiro atoms. The SMILES string of the molecule is CCn1nc(C(=O)OCC(=O)C23CC4CC(CC(C4)C2)C3)c2ccccc2c1=O. The Morgan fingerprint density at radius 3 is 2.24 bits per heavy atom. The molecule has 0 N–H and O–H groups in total. The van der Waals surface area contributed by atoms with Gasteiger partial charge in [-0.25, -0.2) is 9.48 Å². The second kappa shape index (κ2) is 6.78. The Hall–Kier alpha value is -2.50. The van der Waals surface area contributed by atoms with E-state index in [9.17, 15) is 14.4 Å². The molecule has 152 valence electrons. The molecule has 6 nitrogen and oxygen atoms in total. The third kappa shape index (κ3) is 3.00. The predicted molar refractivity (Wildman–Crippen MR) is 108 cm³/mol. The van der Waals surface area contributed by atoms with Gasteiger partial charge in [-0.2, -0.15) is 5.10 Å². The number of ketones is 1. The van der Waals surface area contributed by atoms with Crippen LogP contribution in [0.5, 0.6) is 0 Å². The largest absolute Gasteiger partial charge is 0.453 e. The van der Waals surface area contributed by atoms with Crippen LogP contribution in [-0.4, -0.2) is 28.1 Å². The number of nitrogens with zero attached hydrogens (tertiary/aromatic N) is 2. The van der Waals surface area contributed by atoms with Crippen LogP contribution in [0.25, 0.3) is 10.8 Å². The van der Waals surface area contributed by atoms with E-state index in [-0.39, 0.29) is 29.1 Å². The molecule has 6 rings (SSSR count). The van der Waals surface area contributed by atoms with E-state index >= 15 is 0 Å². The van der Waals surface area contributed by atoms with Crippen molar-refractivity contribution >= 4 is 22.5 Å². The standard InChI is InChI=1S/C23H26N2O4/c1-2-25-21(27)18-6-4-3-5-17(18)20(24-25)22(28)29-13-19(26)23-10-14-7-15(11-23)9-16(8-14)12-23/h3-6,14-16H,2,7-13H2,1H3. The normalized spacial score (nSPS) is 29.9. The summed E-state index contributed by atoms with van der Waals surface area (Å²) in [5.41, 5.74) is -0.420. The van der Waals surface area contributed by atoms with Gasteiger partial charge in [0.25, 0.3) is 5.56 Å². The van der Waals surface area contributed by atoms with Crippen LogP contribution >= 0.6 is 0 Å². The molecule has 0 radical (unpaired) electrons. The van der Waals surface area contributed by atoms with E-state index < -0.39 is 5.97 Å². The van der Waals surface area contributed by atoms with Gasteiger partial charge < -0.3 is 4.74 Å². The summed E-state index contributed by atoms with van der Waals surface area (Å²) in [7, 11) is 0. The van der Waals surface area contributed by atoms with Gasteiger partial charge in [-0.15, -0.1) is 0 Å². The number of aromatic nitrogens is 2. The topological polar surface area (TPSA) is 78.3 Å². The van der Waals surface area contributed by atoms with Gasteiger partial charge in [0.1, 0.15) is 0 Å². The zero-order chi connectivity index (χ0) is 20.2. The average Bonchev–Trinajstić information content (AvgIpc) is 2.71. The Labute approximate surface area is 169 Å². The summed E-state index contributed by atoms with van der Waals surface area (Å²) in [4.78, 5) is 38.4. The van der Waals surface area contributed by atoms with Crippen LogP contribution < -0.4 is 5.56 Å². The summed E-state index contributed by atoms with van der Waals surface area (Å²) < 4.78 is 6.72. The lowest BCUT2D eigenvalue weighted by atomic mass is 9.48. The third-order valence-corrected chi connectivity index (χ3v) is 7.32. The Kier molecular flexibility index (Phi) is 4.33. The number of fused-ring (bicyclic) bond motifs is 1. The molecule has 4 aliphatic rings. The summed E-state index contributed by atoms with van der Waals surface area (Å²) in [5.74, 6) is 1.43. The summed E-state index contributed by atoms with van der Waals surface area (Å²) >= 11 is 0. The average molecular weight is 394 g/mol. The van der Waals surface area contributed by atoms with Crippen LogP contribution in [0.15, 0.2) is 29.1 Å². The minimum absolute atomic E-state index is 0.0677. The predicted octanol–water partition coefficient (Wildman–Crippen LogP) is 3.36. The number of rotatable bonds is 5. The first-order valence-corrected chi connectivity index (χ1v) is 10.7. The molecular weight excluding hydrogens is 368 g/mol. The highest BCUT2D eigenvalue weighted by atomic mass is 16.5. The van der Waals surface area contributed by atoms with Crippen molar-refractivity contribution in [2.24, 2.45) is 23.2 Å². The van der Waals surface area contributed by atoms with Crippen molar-refractivity contribution in [3.8, 4) is 0 Å². The second-order valence-electron chi connectivity index (χ2n) is 9.21. The molecule has 1 heterocycles. The first-order chi connectivity index (χ1) is 14.0. The molecule has 2 aromatic rings. The number of hydrogen-bond donors (Lipinski definition) is 0. The number of ether oxygens (including phenoxy) is 1. The first-order valence-electron chi connectivity index (χ1n) is 10.7. The molecule has 0 aliphatic heterocycles.